The summed E-state index contributed by atoms with van der Waals surface area (Å²) in [5.74, 6) is 3.04. The van der Waals surface area contributed by atoms with Gasteiger partial charge in [-0.2, -0.15) is 0 Å². The molecule has 0 spiro atoms. The van der Waals surface area contributed by atoms with E-state index in [4.69, 9.17) is 0 Å². The van der Waals surface area contributed by atoms with Crippen LogP contribution in [0.25, 0.3) is 0 Å². The lowest BCUT2D eigenvalue weighted by atomic mass is 9.41. The molecule has 0 aromatic carbocycles. The minimum absolute atomic E-state index is 0.0634. The summed E-state index contributed by atoms with van der Waals surface area (Å²) in [6, 6.07) is 0. The van der Waals surface area contributed by atoms with Crippen LogP contribution in [0.2, 0.25) is 0 Å². The molecule has 0 amide bonds. The molecule has 132 valence electrons. The second kappa shape index (κ2) is 4.97. The van der Waals surface area contributed by atoms with Gasteiger partial charge in [0, 0.05) is 0 Å². The van der Waals surface area contributed by atoms with E-state index in [1.54, 1.807) is 0 Å². The Hall–Kier alpha value is -0.0800. The smallest absolute Gasteiger partial charge is 0.0596 e. The van der Waals surface area contributed by atoms with E-state index < -0.39 is 0 Å². The summed E-state index contributed by atoms with van der Waals surface area (Å²) >= 11 is 0. The van der Waals surface area contributed by atoms with Crippen molar-refractivity contribution in [1.29, 1.82) is 0 Å². The summed E-state index contributed by atoms with van der Waals surface area (Å²) in [6.45, 7) is 9.55. The van der Waals surface area contributed by atoms with Crippen LogP contribution < -0.4 is 0 Å². The van der Waals surface area contributed by atoms with Crippen LogP contribution in [0, 0.1) is 39.9 Å². The molecule has 0 aromatic rings. The van der Waals surface area contributed by atoms with Crippen LogP contribution in [0.15, 0.2) is 0 Å². The van der Waals surface area contributed by atoms with Crippen molar-refractivity contribution < 1.29 is 10.2 Å². The van der Waals surface area contributed by atoms with E-state index in [0.29, 0.717) is 11.3 Å². The predicted molar refractivity (Wildman–Crippen MR) is 92.9 cm³/mol. The molecule has 2 nitrogen and oxygen atoms in total. The number of aliphatic hydroxyl groups is 2. The van der Waals surface area contributed by atoms with Crippen molar-refractivity contribution in [3.63, 3.8) is 0 Å². The number of rotatable bonds is 0. The van der Waals surface area contributed by atoms with Crippen LogP contribution in [0.5, 0.6) is 0 Å². The Morgan fingerprint density at radius 3 is 2.04 bits per heavy atom. The van der Waals surface area contributed by atoms with Crippen molar-refractivity contribution in [3.05, 3.63) is 0 Å². The first kappa shape index (κ1) is 16.4. The summed E-state index contributed by atoms with van der Waals surface area (Å²) in [5, 5.41) is 21.1. The third-order valence-electron chi connectivity index (χ3n) is 9.53. The highest BCUT2D eigenvalue weighted by Crippen LogP contribution is 2.68. The van der Waals surface area contributed by atoms with Gasteiger partial charge in [-0.25, -0.2) is 0 Å². The van der Waals surface area contributed by atoms with E-state index in [2.05, 4.69) is 27.7 Å². The molecular weight excluding hydrogens is 284 g/mol. The molecule has 0 bridgehead atoms. The van der Waals surface area contributed by atoms with Crippen LogP contribution in [0.1, 0.15) is 79.1 Å². The molecular formula is C21H36O2. The van der Waals surface area contributed by atoms with Gasteiger partial charge in [0.15, 0.2) is 0 Å². The first-order valence-electron chi connectivity index (χ1n) is 10.1. The first-order valence-corrected chi connectivity index (χ1v) is 10.1. The molecule has 4 fully saturated rings. The highest BCUT2D eigenvalue weighted by Gasteiger charge is 2.62. The SMILES string of the molecule is CC1(C)[C@H](O)CC[C@]2(C)[C@H]3CC[C@]4(C)[C@H](O)CC[C@H]4[C@@H]3CC[C@@H]12. The Labute approximate surface area is 142 Å². The van der Waals surface area contributed by atoms with Crippen molar-refractivity contribution in [2.24, 2.45) is 39.9 Å². The number of hydrogen-bond donors (Lipinski definition) is 2. The van der Waals surface area contributed by atoms with Gasteiger partial charge in [0.25, 0.3) is 0 Å². The van der Waals surface area contributed by atoms with E-state index in [1.807, 2.05) is 0 Å². The van der Waals surface area contributed by atoms with Crippen LogP contribution >= 0.6 is 0 Å². The Bertz CT molecular complexity index is 486. The average Bonchev–Trinajstić information content (AvgIpc) is 2.79. The fourth-order valence-electron chi connectivity index (χ4n) is 8.06. The van der Waals surface area contributed by atoms with E-state index in [0.717, 1.165) is 30.6 Å². The van der Waals surface area contributed by atoms with E-state index in [9.17, 15) is 10.2 Å². The Morgan fingerprint density at radius 1 is 0.652 bits per heavy atom. The van der Waals surface area contributed by atoms with Crippen molar-refractivity contribution in [1.82, 2.24) is 0 Å². The van der Waals surface area contributed by atoms with Gasteiger partial charge in [0.05, 0.1) is 12.2 Å². The summed E-state index contributed by atoms with van der Waals surface area (Å²) < 4.78 is 0. The average molecular weight is 321 g/mol. The lowest BCUT2D eigenvalue weighted by Crippen LogP contribution is -2.59. The van der Waals surface area contributed by atoms with Crippen LogP contribution in [0.3, 0.4) is 0 Å². The van der Waals surface area contributed by atoms with Gasteiger partial charge < -0.3 is 10.2 Å². The molecule has 0 heterocycles. The van der Waals surface area contributed by atoms with Crippen LogP contribution in [-0.2, 0) is 0 Å². The molecule has 23 heavy (non-hydrogen) atoms. The molecule has 4 saturated carbocycles. The van der Waals surface area contributed by atoms with Crippen LogP contribution in [0.4, 0.5) is 0 Å². The predicted octanol–water partition coefficient (Wildman–Crippen LogP) is 4.39. The van der Waals surface area contributed by atoms with E-state index in [1.165, 1.54) is 38.5 Å². The lowest BCUT2D eigenvalue weighted by Gasteiger charge is -2.64. The van der Waals surface area contributed by atoms with Gasteiger partial charge in [-0.05, 0) is 91.3 Å². The molecule has 0 saturated heterocycles. The number of fused-ring (bicyclic) bond motifs is 5. The highest BCUT2D eigenvalue weighted by molar-refractivity contribution is 5.12. The second-order valence-corrected chi connectivity index (χ2v) is 10.5. The third kappa shape index (κ3) is 2.00. The topological polar surface area (TPSA) is 40.5 Å². The molecule has 4 aliphatic carbocycles. The monoisotopic (exact) mass is 320 g/mol. The summed E-state index contributed by atoms with van der Waals surface area (Å²) in [5.41, 5.74) is 0.655. The molecule has 0 radical (unpaired) electrons. The molecule has 0 aromatic heterocycles. The zero-order valence-corrected chi connectivity index (χ0v) is 15.5. The molecule has 2 heteroatoms. The molecule has 4 aliphatic rings. The molecule has 2 N–H and O–H groups in total. The Kier molecular flexibility index (Phi) is 3.54. The number of aliphatic hydroxyl groups excluding tert-OH is 2. The summed E-state index contributed by atoms with van der Waals surface area (Å²) in [7, 11) is 0. The fraction of sp³-hybridized carbons (Fsp3) is 1.00. The second-order valence-electron chi connectivity index (χ2n) is 10.5. The van der Waals surface area contributed by atoms with Gasteiger partial charge in [0.1, 0.15) is 0 Å². The van der Waals surface area contributed by atoms with Crippen molar-refractivity contribution in [2.45, 2.75) is 91.3 Å². The molecule has 0 unspecified atom stereocenters. The van der Waals surface area contributed by atoms with Crippen molar-refractivity contribution >= 4 is 0 Å². The third-order valence-corrected chi connectivity index (χ3v) is 9.53. The van der Waals surface area contributed by atoms with Gasteiger partial charge in [-0.15, -0.1) is 0 Å². The Morgan fingerprint density at radius 2 is 1.30 bits per heavy atom. The highest BCUT2D eigenvalue weighted by atomic mass is 16.3. The van der Waals surface area contributed by atoms with Crippen molar-refractivity contribution in [3.8, 4) is 0 Å². The van der Waals surface area contributed by atoms with Gasteiger partial charge in [-0.3, -0.25) is 0 Å². The summed E-state index contributed by atoms with van der Waals surface area (Å²) in [4.78, 5) is 0. The molecule has 8 atom stereocenters. The first-order chi connectivity index (χ1) is 10.7. The zero-order valence-electron chi connectivity index (χ0n) is 15.5. The number of hydrogen-bond acceptors (Lipinski definition) is 2. The maximum Gasteiger partial charge on any atom is 0.0596 e. The molecule has 4 rings (SSSR count). The van der Waals surface area contributed by atoms with Gasteiger partial charge in [-0.1, -0.05) is 27.7 Å². The zero-order chi connectivity index (χ0) is 16.6. The standard InChI is InChI=1S/C21H36O2/c1-19(2)16-7-5-13-14-6-8-18(23)21(14,4)11-9-15(13)20(16,3)12-10-17(19)22/h13-18,22-23H,5-12H2,1-4H3/t13-,14-,15-,16-,17+,18+,20+,21-/m0/s1. The van der Waals surface area contributed by atoms with E-state index >= 15 is 0 Å². The molecule has 0 aliphatic heterocycles. The van der Waals surface area contributed by atoms with E-state index in [-0.39, 0.29) is 23.0 Å². The largest absolute Gasteiger partial charge is 0.393 e. The quantitative estimate of drug-likeness (QED) is 0.695. The minimum Gasteiger partial charge on any atom is -0.393 e. The van der Waals surface area contributed by atoms with Crippen molar-refractivity contribution in [2.75, 3.05) is 0 Å². The van der Waals surface area contributed by atoms with Crippen LogP contribution in [-0.4, -0.2) is 22.4 Å². The normalized spacial score (nSPS) is 58.2. The maximum absolute atomic E-state index is 10.6. The Balaban J connectivity index is 1.67. The fourth-order valence-corrected chi connectivity index (χ4v) is 8.06. The van der Waals surface area contributed by atoms with Gasteiger partial charge in [0.2, 0.25) is 0 Å². The maximum atomic E-state index is 10.6. The summed E-state index contributed by atoms with van der Waals surface area (Å²) in [6.07, 6.45) is 9.38. The van der Waals surface area contributed by atoms with Gasteiger partial charge >= 0.3 is 0 Å². The lowest BCUT2D eigenvalue weighted by molar-refractivity contribution is -0.180. The minimum atomic E-state index is -0.126.